The average Bonchev–Trinajstić information content (AvgIpc) is 2.46. The summed E-state index contributed by atoms with van der Waals surface area (Å²) >= 11 is 0. The first kappa shape index (κ1) is 11.5. The van der Waals surface area contributed by atoms with Gasteiger partial charge in [-0.3, -0.25) is 4.57 Å². The van der Waals surface area contributed by atoms with Gasteiger partial charge in [0.25, 0.3) is 5.16 Å². The van der Waals surface area contributed by atoms with E-state index in [0.717, 1.165) is 13.1 Å². The van der Waals surface area contributed by atoms with Gasteiger partial charge in [0.1, 0.15) is 5.82 Å². The highest BCUT2D eigenvalue weighted by atomic mass is 32.3. The molecule has 0 radical (unpaired) electrons. The van der Waals surface area contributed by atoms with Crippen molar-refractivity contribution in [1.82, 2.24) is 20.1 Å². The molecule has 1 aromatic rings. The summed E-state index contributed by atoms with van der Waals surface area (Å²) in [7, 11) is -4.78. The van der Waals surface area contributed by atoms with Gasteiger partial charge in [-0.2, -0.15) is 8.42 Å². The van der Waals surface area contributed by atoms with Crippen molar-refractivity contribution in [3.8, 4) is 0 Å². The van der Waals surface area contributed by atoms with Crippen LogP contribution in [0.2, 0.25) is 0 Å². The molecule has 1 aliphatic rings. The Morgan fingerprint density at radius 3 is 2.62 bits per heavy atom. The molecule has 2 heterocycles. The number of hydrogen-bond acceptors (Lipinski definition) is 5. The molecule has 0 aromatic carbocycles. The van der Waals surface area contributed by atoms with Crippen molar-refractivity contribution < 1.29 is 12.3 Å². The van der Waals surface area contributed by atoms with E-state index in [1.165, 1.54) is 4.57 Å². The van der Waals surface area contributed by atoms with Gasteiger partial charge in [-0.15, -0.1) is 10.2 Å². The Morgan fingerprint density at radius 1 is 1.50 bits per heavy atom. The third kappa shape index (κ3) is 1.94. The molecule has 1 saturated heterocycles. The molecular weight excluding hydrogens is 235 g/mol. The third-order valence-electron chi connectivity index (χ3n) is 2.56. The van der Waals surface area contributed by atoms with Gasteiger partial charge in [0.2, 0.25) is 0 Å². The second-order valence-electron chi connectivity index (χ2n) is 3.79. The predicted octanol–water partition coefficient (Wildman–Crippen LogP) is 0.0331. The molecule has 0 saturated carbocycles. The second-order valence-corrected chi connectivity index (χ2v) is 5.03. The van der Waals surface area contributed by atoms with Crippen LogP contribution in [0.5, 0.6) is 0 Å². The van der Waals surface area contributed by atoms with Crippen LogP contribution in [0.3, 0.4) is 0 Å². The van der Waals surface area contributed by atoms with Crippen LogP contribution in [-0.2, 0) is 16.8 Å². The number of nitrogens with one attached hydrogen (secondary N) is 1. The lowest BCUT2D eigenvalue weighted by Crippen LogP contribution is -2.41. The molecule has 2 rings (SSSR count). The van der Waals surface area contributed by atoms with Gasteiger partial charge < -0.3 is 5.32 Å². The van der Waals surface area contributed by atoms with Crippen molar-refractivity contribution in [1.29, 1.82) is 0 Å². The van der Waals surface area contributed by atoms with Gasteiger partial charge >= 0.3 is 10.2 Å². The highest BCUT2D eigenvalue weighted by Gasteiger charge is 2.30. The fourth-order valence-electron chi connectivity index (χ4n) is 1.69. The quantitative estimate of drug-likeness (QED) is 0.761. The van der Waals surface area contributed by atoms with E-state index in [1.54, 1.807) is 0 Å². The number of halogens is 1. The fourth-order valence-corrected chi connectivity index (χ4v) is 2.27. The Morgan fingerprint density at radius 2 is 2.19 bits per heavy atom. The number of aromatic nitrogens is 3. The minimum Gasteiger partial charge on any atom is -0.315 e. The van der Waals surface area contributed by atoms with Gasteiger partial charge in [-0.05, 0) is 6.42 Å². The van der Waals surface area contributed by atoms with Gasteiger partial charge in [0.05, 0.1) is 0 Å². The van der Waals surface area contributed by atoms with Crippen molar-refractivity contribution in [2.24, 2.45) is 0 Å². The van der Waals surface area contributed by atoms with E-state index in [2.05, 4.69) is 15.5 Å². The summed E-state index contributed by atoms with van der Waals surface area (Å²) in [6.45, 7) is 3.76. The number of hydrogen-bond donors (Lipinski definition) is 1. The summed E-state index contributed by atoms with van der Waals surface area (Å²) in [5, 5.41) is 9.69. The zero-order valence-electron chi connectivity index (χ0n) is 8.85. The van der Waals surface area contributed by atoms with Crippen LogP contribution >= 0.6 is 0 Å². The summed E-state index contributed by atoms with van der Waals surface area (Å²) in [5.74, 6) is 0.686. The Bertz CT molecular complexity index is 480. The summed E-state index contributed by atoms with van der Waals surface area (Å²) in [6, 6.07) is 0. The Hall–Kier alpha value is -1.02. The SMILES string of the molecule is CCCn1c(C2CNC2)nnc1S(=O)(=O)F. The van der Waals surface area contributed by atoms with Crippen molar-refractivity contribution >= 4 is 10.2 Å². The minimum absolute atomic E-state index is 0.134. The first-order valence-corrected chi connectivity index (χ1v) is 6.51. The first-order valence-electron chi connectivity index (χ1n) is 5.12. The maximum Gasteiger partial charge on any atom is 0.368 e. The van der Waals surface area contributed by atoms with Crippen LogP contribution < -0.4 is 5.32 Å². The van der Waals surface area contributed by atoms with Crippen LogP contribution in [0, 0.1) is 0 Å². The molecule has 0 aliphatic carbocycles. The zero-order chi connectivity index (χ0) is 11.8. The van der Waals surface area contributed by atoms with Gasteiger partial charge in [-0.1, -0.05) is 10.8 Å². The highest BCUT2D eigenvalue weighted by molar-refractivity contribution is 7.86. The fraction of sp³-hybridized carbons (Fsp3) is 0.750. The number of nitrogens with zero attached hydrogens (tertiary/aromatic N) is 3. The van der Waals surface area contributed by atoms with E-state index in [-0.39, 0.29) is 5.92 Å². The van der Waals surface area contributed by atoms with E-state index >= 15 is 0 Å². The lowest BCUT2D eigenvalue weighted by molar-refractivity contribution is 0.405. The summed E-state index contributed by atoms with van der Waals surface area (Å²) < 4.78 is 36.0. The van der Waals surface area contributed by atoms with Crippen molar-refractivity contribution in [2.45, 2.75) is 31.0 Å². The molecule has 0 spiro atoms. The summed E-state index contributed by atoms with van der Waals surface area (Å²) in [5.41, 5.74) is 0. The van der Waals surface area contributed by atoms with E-state index in [0.29, 0.717) is 18.8 Å². The molecule has 6 nitrogen and oxygen atoms in total. The Balaban J connectivity index is 2.42. The molecule has 1 N–H and O–H groups in total. The molecule has 0 amide bonds. The van der Waals surface area contributed by atoms with Crippen molar-refractivity contribution in [3.63, 3.8) is 0 Å². The van der Waals surface area contributed by atoms with Crippen molar-refractivity contribution in [2.75, 3.05) is 13.1 Å². The molecule has 1 aromatic heterocycles. The topological polar surface area (TPSA) is 76.9 Å². The lowest BCUT2D eigenvalue weighted by atomic mass is 10.0. The maximum absolute atomic E-state index is 12.9. The minimum atomic E-state index is -4.78. The molecule has 1 aliphatic heterocycles. The van der Waals surface area contributed by atoms with E-state index in [9.17, 15) is 12.3 Å². The van der Waals surface area contributed by atoms with Crippen LogP contribution in [0.1, 0.15) is 25.1 Å². The third-order valence-corrected chi connectivity index (χ3v) is 3.30. The number of rotatable bonds is 4. The summed E-state index contributed by atoms with van der Waals surface area (Å²) in [4.78, 5) is 0. The van der Waals surface area contributed by atoms with Gasteiger partial charge in [-0.25, -0.2) is 0 Å². The molecular formula is C8H13FN4O2S. The summed E-state index contributed by atoms with van der Waals surface area (Å²) in [6.07, 6.45) is 0.702. The molecule has 0 bridgehead atoms. The molecule has 16 heavy (non-hydrogen) atoms. The molecule has 0 unspecified atom stereocenters. The van der Waals surface area contributed by atoms with E-state index < -0.39 is 15.4 Å². The molecule has 1 fully saturated rings. The van der Waals surface area contributed by atoms with E-state index in [4.69, 9.17) is 0 Å². The lowest BCUT2D eigenvalue weighted by Gasteiger charge is -2.26. The Kier molecular flexibility index (Phi) is 2.94. The standard InChI is InChI=1S/C8H13FN4O2S/c1-2-3-13-7(6-4-10-5-6)11-12-8(13)16(9,14)15/h6,10H,2-5H2,1H3. The van der Waals surface area contributed by atoms with Crippen LogP contribution in [0.15, 0.2) is 5.16 Å². The first-order chi connectivity index (χ1) is 7.54. The molecule has 8 heteroatoms. The molecule has 0 atom stereocenters. The zero-order valence-corrected chi connectivity index (χ0v) is 9.67. The highest BCUT2D eigenvalue weighted by Crippen LogP contribution is 2.21. The molecule has 90 valence electrons. The van der Waals surface area contributed by atoms with E-state index in [1.807, 2.05) is 6.92 Å². The largest absolute Gasteiger partial charge is 0.368 e. The van der Waals surface area contributed by atoms with Crippen LogP contribution in [-0.4, -0.2) is 36.3 Å². The van der Waals surface area contributed by atoms with Gasteiger partial charge in [0.15, 0.2) is 0 Å². The maximum atomic E-state index is 12.9. The normalized spacial score (nSPS) is 17.4. The second kappa shape index (κ2) is 4.10. The van der Waals surface area contributed by atoms with Crippen LogP contribution in [0.4, 0.5) is 3.89 Å². The monoisotopic (exact) mass is 248 g/mol. The Labute approximate surface area is 93.1 Å². The predicted molar refractivity (Wildman–Crippen MR) is 54.2 cm³/mol. The van der Waals surface area contributed by atoms with Crippen LogP contribution in [0.25, 0.3) is 0 Å². The van der Waals surface area contributed by atoms with Gasteiger partial charge in [0, 0.05) is 25.6 Å². The van der Waals surface area contributed by atoms with Crippen molar-refractivity contribution in [3.05, 3.63) is 5.82 Å². The average molecular weight is 248 g/mol. The smallest absolute Gasteiger partial charge is 0.315 e.